The lowest BCUT2D eigenvalue weighted by Gasteiger charge is -2.19. The van der Waals surface area contributed by atoms with Gasteiger partial charge in [0, 0.05) is 24.6 Å². The quantitative estimate of drug-likeness (QED) is 0.804. The summed E-state index contributed by atoms with van der Waals surface area (Å²) in [5, 5.41) is 0. The number of benzene rings is 1. The van der Waals surface area contributed by atoms with E-state index >= 15 is 0 Å². The SMILES string of the molecule is COC(CNS(=O)(=O)O)c1ccc2c(c1)C(C)(C)CO2. The van der Waals surface area contributed by atoms with Crippen LogP contribution in [0.1, 0.15) is 31.1 Å². The normalized spacial score (nSPS) is 18.4. The van der Waals surface area contributed by atoms with Crippen molar-refractivity contribution in [1.82, 2.24) is 4.72 Å². The summed E-state index contributed by atoms with van der Waals surface area (Å²) in [4.78, 5) is 0. The molecule has 1 aromatic rings. The van der Waals surface area contributed by atoms with Crippen LogP contribution in [0.4, 0.5) is 0 Å². The molecule has 6 nitrogen and oxygen atoms in total. The van der Waals surface area contributed by atoms with Gasteiger partial charge in [0.25, 0.3) is 0 Å². The van der Waals surface area contributed by atoms with Gasteiger partial charge in [-0.1, -0.05) is 19.9 Å². The van der Waals surface area contributed by atoms with Crippen LogP contribution in [-0.2, 0) is 20.5 Å². The van der Waals surface area contributed by atoms with Gasteiger partial charge in [0.15, 0.2) is 0 Å². The van der Waals surface area contributed by atoms with Crippen LogP contribution < -0.4 is 9.46 Å². The molecule has 0 saturated carbocycles. The summed E-state index contributed by atoms with van der Waals surface area (Å²) in [5.74, 6) is 0.844. The lowest BCUT2D eigenvalue weighted by molar-refractivity contribution is 0.106. The maximum absolute atomic E-state index is 10.7. The molecular formula is C13H19NO5S. The average Bonchev–Trinajstić information content (AvgIpc) is 2.65. The van der Waals surface area contributed by atoms with Crippen molar-refractivity contribution < 1.29 is 22.4 Å². The molecule has 0 saturated heterocycles. The molecule has 0 aliphatic carbocycles. The van der Waals surface area contributed by atoms with Gasteiger partial charge in [0.05, 0.1) is 12.7 Å². The molecule has 1 aliphatic rings. The van der Waals surface area contributed by atoms with Crippen LogP contribution in [0.2, 0.25) is 0 Å². The molecule has 2 rings (SSSR count). The van der Waals surface area contributed by atoms with Crippen molar-refractivity contribution >= 4 is 10.3 Å². The van der Waals surface area contributed by atoms with Crippen molar-refractivity contribution in [3.05, 3.63) is 29.3 Å². The van der Waals surface area contributed by atoms with Crippen LogP contribution >= 0.6 is 0 Å². The molecule has 2 N–H and O–H groups in total. The first-order valence-electron chi connectivity index (χ1n) is 6.25. The standard InChI is InChI=1S/C13H19NO5S/c1-13(2)8-19-11-5-4-9(6-10(11)13)12(18-3)7-14-20(15,16)17/h4-6,12,14H,7-8H2,1-3H3,(H,15,16,17). The molecule has 0 fully saturated rings. The van der Waals surface area contributed by atoms with Gasteiger partial charge in [-0.15, -0.1) is 0 Å². The first-order valence-corrected chi connectivity index (χ1v) is 7.69. The van der Waals surface area contributed by atoms with Crippen LogP contribution in [0.5, 0.6) is 5.75 Å². The Morgan fingerprint density at radius 3 is 2.80 bits per heavy atom. The number of rotatable bonds is 5. The van der Waals surface area contributed by atoms with E-state index < -0.39 is 16.4 Å². The van der Waals surface area contributed by atoms with Crippen LogP contribution in [0.3, 0.4) is 0 Å². The smallest absolute Gasteiger partial charge is 0.333 e. The monoisotopic (exact) mass is 301 g/mol. The summed E-state index contributed by atoms with van der Waals surface area (Å²) < 4.78 is 43.1. The Balaban J connectivity index is 2.24. The van der Waals surface area contributed by atoms with Crippen LogP contribution in [0.15, 0.2) is 18.2 Å². The molecule has 0 amide bonds. The second kappa shape index (κ2) is 5.33. The molecule has 1 aromatic carbocycles. The Bertz CT molecular complexity index is 597. The fourth-order valence-electron chi connectivity index (χ4n) is 2.26. The molecule has 0 bridgehead atoms. The molecule has 1 unspecified atom stereocenters. The van der Waals surface area contributed by atoms with Gasteiger partial charge in [0.1, 0.15) is 5.75 Å². The maximum Gasteiger partial charge on any atom is 0.333 e. The molecule has 0 spiro atoms. The van der Waals surface area contributed by atoms with E-state index in [4.69, 9.17) is 14.0 Å². The van der Waals surface area contributed by atoms with E-state index in [1.165, 1.54) is 7.11 Å². The Morgan fingerprint density at radius 2 is 2.20 bits per heavy atom. The number of nitrogens with one attached hydrogen (secondary N) is 1. The molecular weight excluding hydrogens is 282 g/mol. The van der Waals surface area contributed by atoms with Crippen molar-refractivity contribution in [2.75, 3.05) is 20.3 Å². The van der Waals surface area contributed by atoms with E-state index in [-0.39, 0.29) is 12.0 Å². The zero-order chi connectivity index (χ0) is 15.0. The molecule has 20 heavy (non-hydrogen) atoms. The van der Waals surface area contributed by atoms with Crippen molar-refractivity contribution in [1.29, 1.82) is 0 Å². The molecule has 0 aromatic heterocycles. The summed E-state index contributed by atoms with van der Waals surface area (Å²) >= 11 is 0. The zero-order valence-electron chi connectivity index (χ0n) is 11.7. The average molecular weight is 301 g/mol. The largest absolute Gasteiger partial charge is 0.492 e. The predicted octanol–water partition coefficient (Wildman–Crippen LogP) is 1.44. The Morgan fingerprint density at radius 1 is 1.50 bits per heavy atom. The number of hydrogen-bond acceptors (Lipinski definition) is 4. The van der Waals surface area contributed by atoms with Gasteiger partial charge in [-0.05, 0) is 17.7 Å². The summed E-state index contributed by atoms with van der Waals surface area (Å²) in [7, 11) is -2.74. The third-order valence-electron chi connectivity index (χ3n) is 3.43. The number of hydrogen-bond donors (Lipinski definition) is 2. The minimum Gasteiger partial charge on any atom is -0.492 e. The van der Waals surface area contributed by atoms with Crippen LogP contribution in [-0.4, -0.2) is 33.2 Å². The van der Waals surface area contributed by atoms with E-state index in [2.05, 4.69) is 13.8 Å². The number of ether oxygens (including phenoxy) is 2. The predicted molar refractivity (Wildman–Crippen MR) is 74.3 cm³/mol. The first kappa shape index (κ1) is 15.2. The fraction of sp³-hybridized carbons (Fsp3) is 0.538. The van der Waals surface area contributed by atoms with Crippen LogP contribution in [0, 0.1) is 0 Å². The van der Waals surface area contributed by atoms with Crippen molar-refractivity contribution in [3.63, 3.8) is 0 Å². The summed E-state index contributed by atoms with van der Waals surface area (Å²) in [6.07, 6.45) is -0.473. The van der Waals surface area contributed by atoms with Crippen LogP contribution in [0.25, 0.3) is 0 Å². The zero-order valence-corrected chi connectivity index (χ0v) is 12.5. The lowest BCUT2D eigenvalue weighted by atomic mass is 9.85. The topological polar surface area (TPSA) is 84.9 Å². The van der Waals surface area contributed by atoms with Crippen molar-refractivity contribution in [2.24, 2.45) is 0 Å². The molecule has 7 heteroatoms. The van der Waals surface area contributed by atoms with Gasteiger partial charge in [-0.25, -0.2) is 0 Å². The highest BCUT2D eigenvalue weighted by molar-refractivity contribution is 7.83. The van der Waals surface area contributed by atoms with Gasteiger partial charge < -0.3 is 9.47 Å². The molecule has 0 radical (unpaired) electrons. The summed E-state index contributed by atoms with van der Waals surface area (Å²) in [6, 6.07) is 5.65. The highest BCUT2D eigenvalue weighted by Gasteiger charge is 2.32. The molecule has 1 atom stereocenters. The fourth-order valence-corrected chi connectivity index (χ4v) is 2.62. The molecule has 112 valence electrons. The summed E-state index contributed by atoms with van der Waals surface area (Å²) in [5.41, 5.74) is 1.82. The Hall–Kier alpha value is -1.15. The Kier molecular flexibility index (Phi) is 4.06. The van der Waals surface area contributed by atoms with E-state index in [0.29, 0.717) is 6.61 Å². The Labute approximate surface area is 119 Å². The third-order valence-corrected chi connectivity index (χ3v) is 3.96. The second-order valence-corrected chi connectivity index (χ2v) is 6.71. The van der Waals surface area contributed by atoms with Gasteiger partial charge in [-0.2, -0.15) is 13.1 Å². The first-order chi connectivity index (χ1) is 9.23. The number of fused-ring (bicyclic) bond motifs is 1. The third kappa shape index (κ3) is 3.29. The molecule has 1 heterocycles. The van der Waals surface area contributed by atoms with Crippen molar-refractivity contribution in [2.45, 2.75) is 25.4 Å². The van der Waals surface area contributed by atoms with Gasteiger partial charge in [-0.3, -0.25) is 4.55 Å². The summed E-state index contributed by atoms with van der Waals surface area (Å²) in [6.45, 7) is 4.75. The minimum absolute atomic E-state index is 0.0323. The van der Waals surface area contributed by atoms with Gasteiger partial charge in [0.2, 0.25) is 0 Å². The minimum atomic E-state index is -4.23. The van der Waals surface area contributed by atoms with E-state index in [1.54, 1.807) is 0 Å². The number of methoxy groups -OCH3 is 1. The highest BCUT2D eigenvalue weighted by Crippen LogP contribution is 2.39. The molecule has 1 aliphatic heterocycles. The highest BCUT2D eigenvalue weighted by atomic mass is 32.2. The maximum atomic E-state index is 10.7. The van der Waals surface area contributed by atoms with E-state index in [1.807, 2.05) is 22.9 Å². The van der Waals surface area contributed by atoms with E-state index in [9.17, 15) is 8.42 Å². The second-order valence-electron chi connectivity index (χ2n) is 5.48. The lowest BCUT2D eigenvalue weighted by Crippen LogP contribution is -2.28. The van der Waals surface area contributed by atoms with E-state index in [0.717, 1.165) is 16.9 Å². The van der Waals surface area contributed by atoms with Crippen molar-refractivity contribution in [3.8, 4) is 5.75 Å². The van der Waals surface area contributed by atoms with Gasteiger partial charge >= 0.3 is 10.3 Å².